The number of hydrogen-bond acceptors (Lipinski definition) is 6. The molecule has 0 spiro atoms. The number of piperidine rings is 2. The molecule has 0 amide bonds. The molecule has 188 valence electrons. The van der Waals surface area contributed by atoms with Crippen LogP contribution < -0.4 is 24.8 Å². The van der Waals surface area contributed by atoms with Crippen molar-refractivity contribution in [2.75, 3.05) is 32.9 Å². The normalized spacial score (nSPS) is 21.3. The minimum atomic E-state index is 0.00903. The monoisotopic (exact) mass is 478 g/mol. The molecule has 0 radical (unpaired) electrons. The predicted molar refractivity (Wildman–Crippen MR) is 138 cm³/mol. The molecule has 2 unspecified atom stereocenters. The van der Waals surface area contributed by atoms with Crippen molar-refractivity contribution in [1.82, 2.24) is 10.6 Å². The molecule has 2 saturated heterocycles. The van der Waals surface area contributed by atoms with Gasteiger partial charge in [-0.25, -0.2) is 0 Å². The van der Waals surface area contributed by atoms with E-state index in [1.54, 1.807) is 0 Å². The molecular weight excluding hydrogens is 440 g/mol. The predicted octanol–water partition coefficient (Wildman–Crippen LogP) is 5.12. The van der Waals surface area contributed by atoms with Gasteiger partial charge in [-0.05, 0) is 70.7 Å². The van der Waals surface area contributed by atoms with Crippen LogP contribution in [-0.2, 0) is 0 Å². The molecule has 0 aromatic heterocycles. The van der Waals surface area contributed by atoms with Crippen LogP contribution in [0, 0.1) is 0 Å². The average Bonchev–Trinajstić information content (AvgIpc) is 3.18. The molecule has 6 heteroatoms. The van der Waals surface area contributed by atoms with Crippen LogP contribution in [-0.4, -0.2) is 50.8 Å². The van der Waals surface area contributed by atoms with E-state index in [1.807, 2.05) is 37.3 Å². The quantitative estimate of drug-likeness (QED) is 0.422. The first kappa shape index (κ1) is 24.1. The highest BCUT2D eigenvalue weighted by molar-refractivity contribution is 6.23. The van der Waals surface area contributed by atoms with E-state index < -0.39 is 0 Å². The van der Waals surface area contributed by atoms with Crippen LogP contribution in [0.4, 0.5) is 0 Å². The van der Waals surface area contributed by atoms with Crippen LogP contribution >= 0.6 is 0 Å². The maximum absolute atomic E-state index is 13.4. The molecule has 2 aromatic rings. The number of benzene rings is 2. The molecule has 2 atom stereocenters. The number of nitrogens with one attached hydrogen (secondary N) is 2. The molecule has 6 nitrogen and oxygen atoms in total. The second-order valence-corrected chi connectivity index (χ2v) is 9.85. The third-order valence-corrected chi connectivity index (χ3v) is 7.42. The molecule has 5 rings (SSSR count). The Hall–Kier alpha value is -2.57. The Labute approximate surface area is 208 Å². The number of ketones is 1. The van der Waals surface area contributed by atoms with Crippen LogP contribution in [0.15, 0.2) is 30.3 Å². The Bertz CT molecular complexity index is 1030. The summed E-state index contributed by atoms with van der Waals surface area (Å²) in [4.78, 5) is 13.4. The molecule has 2 aliphatic heterocycles. The first-order chi connectivity index (χ1) is 17.2. The molecular formula is C29H38N2O4. The van der Waals surface area contributed by atoms with Crippen molar-refractivity contribution in [2.24, 2.45) is 0 Å². The number of hydrogen-bond donors (Lipinski definition) is 2. The fourth-order valence-electron chi connectivity index (χ4n) is 5.59. The fraction of sp³-hybridized carbons (Fsp3) is 0.552. The first-order valence-corrected chi connectivity index (χ1v) is 13.5. The molecule has 2 heterocycles. The van der Waals surface area contributed by atoms with E-state index in [0.717, 1.165) is 42.8 Å². The summed E-state index contributed by atoms with van der Waals surface area (Å²) in [7, 11) is 0. The van der Waals surface area contributed by atoms with Gasteiger partial charge in [-0.3, -0.25) is 4.79 Å². The van der Waals surface area contributed by atoms with Gasteiger partial charge >= 0.3 is 0 Å². The molecule has 0 saturated carbocycles. The zero-order valence-electron chi connectivity index (χ0n) is 20.9. The molecule has 1 aliphatic carbocycles. The minimum absolute atomic E-state index is 0.00903. The number of carbonyl (C=O) groups is 1. The standard InChI is InChI=1S/C29H38N2O4/c1-2-33-26-19-22(34-16-12-20-8-3-5-14-30-20)18-24-28(26)27-23(29(24)32)10-7-11-25(27)35-17-13-21-9-4-6-15-31-21/h7,10-11,18-21,30-31H,2-6,8-9,12-17H2,1H3. The lowest BCUT2D eigenvalue weighted by atomic mass is 10.0. The Morgan fingerprint density at radius 1 is 0.800 bits per heavy atom. The van der Waals surface area contributed by atoms with Gasteiger partial charge in [-0.15, -0.1) is 0 Å². The molecule has 35 heavy (non-hydrogen) atoms. The Morgan fingerprint density at radius 2 is 1.49 bits per heavy atom. The van der Waals surface area contributed by atoms with E-state index in [1.165, 1.54) is 38.5 Å². The van der Waals surface area contributed by atoms with Gasteiger partial charge in [-0.2, -0.15) is 0 Å². The van der Waals surface area contributed by atoms with Crippen molar-refractivity contribution in [1.29, 1.82) is 0 Å². The molecule has 0 bridgehead atoms. The van der Waals surface area contributed by atoms with Crippen LogP contribution in [0.2, 0.25) is 0 Å². The van der Waals surface area contributed by atoms with E-state index in [-0.39, 0.29) is 5.78 Å². The summed E-state index contributed by atoms with van der Waals surface area (Å²) < 4.78 is 18.4. The third kappa shape index (κ3) is 5.49. The van der Waals surface area contributed by atoms with Gasteiger partial charge in [0.05, 0.1) is 19.8 Å². The Kier molecular flexibility index (Phi) is 7.89. The maximum Gasteiger partial charge on any atom is 0.194 e. The van der Waals surface area contributed by atoms with Crippen molar-refractivity contribution >= 4 is 5.78 Å². The van der Waals surface area contributed by atoms with E-state index in [4.69, 9.17) is 14.2 Å². The SMILES string of the molecule is CCOc1cc(OCCC2CCCCN2)cc2c1-c1c(OCCC3CCCCN3)cccc1C2=O. The smallest absolute Gasteiger partial charge is 0.194 e. The summed E-state index contributed by atoms with van der Waals surface area (Å²) in [6, 6.07) is 10.6. The zero-order valence-corrected chi connectivity index (χ0v) is 20.9. The Balaban J connectivity index is 1.34. The number of fused-ring (bicyclic) bond motifs is 3. The van der Waals surface area contributed by atoms with Gasteiger partial charge in [0.1, 0.15) is 17.2 Å². The summed E-state index contributed by atoms with van der Waals surface area (Å²) in [5, 5.41) is 7.14. The van der Waals surface area contributed by atoms with Gasteiger partial charge < -0.3 is 24.8 Å². The van der Waals surface area contributed by atoms with Crippen molar-refractivity contribution < 1.29 is 19.0 Å². The van der Waals surface area contributed by atoms with Crippen LogP contribution in [0.3, 0.4) is 0 Å². The first-order valence-electron chi connectivity index (χ1n) is 13.5. The number of rotatable bonds is 10. The van der Waals surface area contributed by atoms with Gasteiger partial charge in [0.2, 0.25) is 0 Å². The minimum Gasteiger partial charge on any atom is -0.493 e. The summed E-state index contributed by atoms with van der Waals surface area (Å²) in [5.74, 6) is 2.14. The van der Waals surface area contributed by atoms with Gasteiger partial charge in [0.15, 0.2) is 5.78 Å². The second kappa shape index (κ2) is 11.4. The largest absolute Gasteiger partial charge is 0.493 e. The van der Waals surface area contributed by atoms with Gasteiger partial charge in [0, 0.05) is 40.4 Å². The van der Waals surface area contributed by atoms with Crippen LogP contribution in [0.5, 0.6) is 17.2 Å². The van der Waals surface area contributed by atoms with E-state index >= 15 is 0 Å². The molecule has 2 fully saturated rings. The van der Waals surface area contributed by atoms with E-state index in [0.29, 0.717) is 54.5 Å². The maximum atomic E-state index is 13.4. The lowest BCUT2D eigenvalue weighted by Crippen LogP contribution is -2.35. The van der Waals surface area contributed by atoms with Crippen molar-refractivity contribution in [3.63, 3.8) is 0 Å². The van der Waals surface area contributed by atoms with Crippen molar-refractivity contribution in [2.45, 2.75) is 70.4 Å². The van der Waals surface area contributed by atoms with Crippen LogP contribution in [0.25, 0.3) is 11.1 Å². The topological polar surface area (TPSA) is 68.8 Å². The van der Waals surface area contributed by atoms with Crippen LogP contribution in [0.1, 0.15) is 74.2 Å². The lowest BCUT2D eigenvalue weighted by Gasteiger charge is -2.23. The highest BCUT2D eigenvalue weighted by Gasteiger charge is 2.33. The molecule has 2 aromatic carbocycles. The molecule has 3 aliphatic rings. The zero-order chi connectivity index (χ0) is 24.0. The summed E-state index contributed by atoms with van der Waals surface area (Å²) in [6.07, 6.45) is 9.39. The number of carbonyl (C=O) groups excluding carboxylic acids is 1. The van der Waals surface area contributed by atoms with Crippen molar-refractivity contribution in [3.05, 3.63) is 41.5 Å². The van der Waals surface area contributed by atoms with Crippen molar-refractivity contribution in [3.8, 4) is 28.4 Å². The van der Waals surface area contributed by atoms with E-state index in [9.17, 15) is 4.79 Å². The summed E-state index contributed by atoms with van der Waals surface area (Å²) >= 11 is 0. The fourth-order valence-corrected chi connectivity index (χ4v) is 5.59. The third-order valence-electron chi connectivity index (χ3n) is 7.42. The molecule has 2 N–H and O–H groups in total. The number of ether oxygens (including phenoxy) is 3. The summed E-state index contributed by atoms with van der Waals surface area (Å²) in [6.45, 7) is 5.90. The van der Waals surface area contributed by atoms with E-state index in [2.05, 4.69) is 10.6 Å². The summed E-state index contributed by atoms with van der Waals surface area (Å²) in [5.41, 5.74) is 3.00. The average molecular weight is 479 g/mol. The highest BCUT2D eigenvalue weighted by atomic mass is 16.5. The Morgan fingerprint density at radius 3 is 2.14 bits per heavy atom. The van der Waals surface area contributed by atoms with Gasteiger partial charge in [0.25, 0.3) is 0 Å². The lowest BCUT2D eigenvalue weighted by molar-refractivity contribution is 0.104. The highest BCUT2D eigenvalue weighted by Crippen LogP contribution is 2.49. The van der Waals surface area contributed by atoms with Gasteiger partial charge in [-0.1, -0.05) is 25.0 Å². The second-order valence-electron chi connectivity index (χ2n) is 9.85.